The van der Waals surface area contributed by atoms with Gasteiger partial charge < -0.3 is 20.0 Å². The predicted molar refractivity (Wildman–Crippen MR) is 135 cm³/mol. The van der Waals surface area contributed by atoms with E-state index in [1.165, 1.54) is 0 Å². The quantitative estimate of drug-likeness (QED) is 0.220. The van der Waals surface area contributed by atoms with E-state index in [9.17, 15) is 14.7 Å². The van der Waals surface area contributed by atoms with Gasteiger partial charge in [0.25, 0.3) is 0 Å². The van der Waals surface area contributed by atoms with Crippen molar-refractivity contribution in [2.24, 2.45) is 0 Å². The Labute approximate surface area is 199 Å². The number of H-pyrrole nitrogens is 1. The van der Waals surface area contributed by atoms with E-state index >= 15 is 0 Å². The summed E-state index contributed by atoms with van der Waals surface area (Å²) < 4.78 is 1.82. The van der Waals surface area contributed by atoms with Gasteiger partial charge in [-0.05, 0) is 48.2 Å². The van der Waals surface area contributed by atoms with Crippen molar-refractivity contribution in [1.29, 1.82) is 0 Å². The van der Waals surface area contributed by atoms with Crippen LogP contribution in [0.1, 0.15) is 5.56 Å². The van der Waals surface area contributed by atoms with Crippen molar-refractivity contribution in [3.63, 3.8) is 0 Å². The fourth-order valence-electron chi connectivity index (χ4n) is 3.76. The number of carbonyl (C=O) groups excluding carboxylic acids is 1. The molecule has 3 N–H and O–H groups in total. The molecule has 5 aromatic rings. The lowest BCUT2D eigenvalue weighted by Gasteiger charge is -2.07. The molecule has 0 aliphatic heterocycles. The number of aromatic nitrogens is 3. The molecule has 5 rings (SSSR count). The van der Waals surface area contributed by atoms with Gasteiger partial charge in [0, 0.05) is 28.4 Å². The number of carboxylic acids is 1. The van der Waals surface area contributed by atoms with Gasteiger partial charge in [-0.2, -0.15) is 0 Å². The number of aromatic amines is 1. The number of fused-ring (bicyclic) bond motifs is 2. The van der Waals surface area contributed by atoms with Crippen LogP contribution in [0.5, 0.6) is 0 Å². The maximum absolute atomic E-state index is 12.6. The molecule has 2 aromatic heterocycles. The summed E-state index contributed by atoms with van der Waals surface area (Å²) in [5, 5.41) is 14.1. The predicted octanol–water partition coefficient (Wildman–Crippen LogP) is 5.37. The van der Waals surface area contributed by atoms with Crippen LogP contribution in [0.4, 0.5) is 5.69 Å². The van der Waals surface area contributed by atoms with Crippen LogP contribution in [0.15, 0.2) is 95.1 Å². The van der Waals surface area contributed by atoms with Gasteiger partial charge >= 0.3 is 5.97 Å². The molecular formula is C26H20N4O3S. The molecule has 7 nitrogen and oxygen atoms in total. The number of rotatable bonds is 7. The Bertz CT molecular complexity index is 1500. The molecule has 0 aliphatic rings. The average molecular weight is 469 g/mol. The van der Waals surface area contributed by atoms with Gasteiger partial charge in [-0.3, -0.25) is 4.79 Å². The summed E-state index contributed by atoms with van der Waals surface area (Å²) in [6.07, 6.45) is 3.42. The summed E-state index contributed by atoms with van der Waals surface area (Å²) in [4.78, 5) is 32.4. The van der Waals surface area contributed by atoms with Gasteiger partial charge in [0.1, 0.15) is 11.4 Å². The molecule has 0 bridgehead atoms. The number of hydrogen-bond donors (Lipinski definition) is 3. The molecule has 0 unspecified atom stereocenters. The van der Waals surface area contributed by atoms with Crippen LogP contribution >= 0.6 is 11.8 Å². The van der Waals surface area contributed by atoms with Crippen LogP contribution < -0.4 is 5.32 Å². The molecule has 0 fully saturated rings. The van der Waals surface area contributed by atoms with Crippen LogP contribution in [0.25, 0.3) is 28.0 Å². The Hall–Kier alpha value is -4.30. The lowest BCUT2D eigenvalue weighted by atomic mass is 10.1. The third-order valence-electron chi connectivity index (χ3n) is 5.26. The van der Waals surface area contributed by atoms with Crippen molar-refractivity contribution in [3.8, 4) is 0 Å². The highest BCUT2D eigenvalue weighted by atomic mass is 32.2. The fraction of sp³-hybridized carbons (Fsp3) is 0.0385. The lowest BCUT2D eigenvalue weighted by Crippen LogP contribution is -2.18. The van der Waals surface area contributed by atoms with Crippen LogP contribution in [-0.2, 0) is 16.1 Å². The van der Waals surface area contributed by atoms with Crippen molar-refractivity contribution < 1.29 is 14.7 Å². The maximum Gasteiger partial charge on any atom is 0.342 e. The van der Waals surface area contributed by atoms with Gasteiger partial charge in [0.2, 0.25) is 5.91 Å². The fourth-order valence-corrected chi connectivity index (χ4v) is 4.54. The first-order valence-corrected chi connectivity index (χ1v) is 11.4. The molecule has 1 amide bonds. The monoisotopic (exact) mass is 468 g/mol. The highest BCUT2D eigenvalue weighted by Gasteiger charge is 2.16. The van der Waals surface area contributed by atoms with Crippen molar-refractivity contribution in [2.75, 3.05) is 5.32 Å². The minimum Gasteiger partial charge on any atom is -0.477 e. The summed E-state index contributed by atoms with van der Waals surface area (Å²) in [7, 11) is 0. The average Bonchev–Trinajstić information content (AvgIpc) is 3.40. The van der Waals surface area contributed by atoms with Gasteiger partial charge in [-0.25, -0.2) is 9.78 Å². The molecule has 0 radical (unpaired) electrons. The number of imidazole rings is 1. The van der Waals surface area contributed by atoms with Crippen molar-refractivity contribution >= 4 is 57.3 Å². The summed E-state index contributed by atoms with van der Waals surface area (Å²) in [5.41, 5.74) is 3.89. The standard InChI is InChI=1S/C26H20N4O3S/c31-24(27-18-8-2-1-3-9-18)16-30-15-17(19-10-4-7-13-22(19)30)14-23(25(32)33)34-26-28-20-11-5-6-12-21(20)29-26/h1-15H,16H2,(H,27,31)(H,28,29)(H,32,33)/b23-14-. The molecule has 8 heteroatoms. The Balaban J connectivity index is 1.45. The molecular weight excluding hydrogens is 448 g/mol. The number of hydrogen-bond acceptors (Lipinski definition) is 4. The number of para-hydroxylation sites is 4. The van der Waals surface area contributed by atoms with E-state index in [4.69, 9.17) is 0 Å². The number of benzene rings is 3. The normalized spacial score (nSPS) is 11.7. The Morgan fingerprint density at radius 1 is 1.00 bits per heavy atom. The third-order valence-corrected chi connectivity index (χ3v) is 6.16. The van der Waals surface area contributed by atoms with Gasteiger partial charge in [0.05, 0.1) is 11.0 Å². The molecule has 0 atom stereocenters. The van der Waals surface area contributed by atoms with E-state index in [0.717, 1.165) is 39.4 Å². The van der Waals surface area contributed by atoms with Crippen LogP contribution in [-0.4, -0.2) is 31.5 Å². The minimum atomic E-state index is -1.05. The smallest absolute Gasteiger partial charge is 0.342 e. The number of nitrogens with one attached hydrogen (secondary N) is 2. The summed E-state index contributed by atoms with van der Waals surface area (Å²) in [6.45, 7) is 0.0996. The van der Waals surface area contributed by atoms with E-state index in [2.05, 4.69) is 15.3 Å². The molecule has 0 spiro atoms. The zero-order valence-electron chi connectivity index (χ0n) is 17.9. The van der Waals surface area contributed by atoms with E-state index in [0.29, 0.717) is 10.7 Å². The maximum atomic E-state index is 12.6. The molecule has 3 aromatic carbocycles. The van der Waals surface area contributed by atoms with Crippen molar-refractivity contribution in [3.05, 3.63) is 95.5 Å². The highest BCUT2D eigenvalue weighted by molar-refractivity contribution is 8.04. The van der Waals surface area contributed by atoms with Crippen molar-refractivity contribution in [1.82, 2.24) is 14.5 Å². The molecule has 2 heterocycles. The first kappa shape index (κ1) is 21.5. The summed E-state index contributed by atoms with van der Waals surface area (Å²) >= 11 is 1.06. The van der Waals surface area contributed by atoms with E-state index in [1.54, 1.807) is 12.3 Å². The second-order valence-electron chi connectivity index (χ2n) is 7.62. The zero-order chi connectivity index (χ0) is 23.5. The molecule has 0 saturated carbocycles. The second-order valence-corrected chi connectivity index (χ2v) is 8.65. The van der Waals surface area contributed by atoms with E-state index in [-0.39, 0.29) is 17.4 Å². The Morgan fingerprint density at radius 2 is 1.74 bits per heavy atom. The Morgan fingerprint density at radius 3 is 2.53 bits per heavy atom. The second kappa shape index (κ2) is 9.29. The number of aliphatic carboxylic acids is 1. The number of carboxylic acid groups (broad SMARTS) is 1. The molecule has 0 aliphatic carbocycles. The van der Waals surface area contributed by atoms with Gasteiger partial charge in [0.15, 0.2) is 5.16 Å². The Kier molecular flexibility index (Phi) is 5.88. The number of anilines is 1. The van der Waals surface area contributed by atoms with Crippen LogP contribution in [0, 0.1) is 0 Å². The first-order chi connectivity index (χ1) is 16.6. The molecule has 34 heavy (non-hydrogen) atoms. The van der Waals surface area contributed by atoms with Crippen LogP contribution in [0.2, 0.25) is 0 Å². The summed E-state index contributed by atoms with van der Waals surface area (Å²) in [6, 6.07) is 24.4. The highest BCUT2D eigenvalue weighted by Crippen LogP contribution is 2.31. The van der Waals surface area contributed by atoms with Crippen LogP contribution in [0.3, 0.4) is 0 Å². The number of carbonyl (C=O) groups is 2. The molecule has 168 valence electrons. The lowest BCUT2D eigenvalue weighted by molar-refractivity contribution is -0.131. The molecule has 0 saturated heterocycles. The van der Waals surface area contributed by atoms with Gasteiger partial charge in [-0.15, -0.1) is 0 Å². The third kappa shape index (κ3) is 4.57. The van der Waals surface area contributed by atoms with E-state index < -0.39 is 5.97 Å². The summed E-state index contributed by atoms with van der Waals surface area (Å²) in [5.74, 6) is -1.22. The number of nitrogens with zero attached hydrogens (tertiary/aromatic N) is 2. The number of amides is 1. The van der Waals surface area contributed by atoms with Crippen molar-refractivity contribution in [2.45, 2.75) is 11.7 Å². The van der Waals surface area contributed by atoms with E-state index in [1.807, 2.05) is 83.4 Å². The number of thioether (sulfide) groups is 1. The SMILES string of the molecule is O=C(Cn1cc(/C=C(\Sc2nc3ccccc3[nH]2)C(=O)O)c2ccccc21)Nc1ccccc1. The first-order valence-electron chi connectivity index (χ1n) is 10.6. The topological polar surface area (TPSA) is 100 Å². The minimum absolute atomic E-state index is 0.0996. The van der Waals surface area contributed by atoms with Gasteiger partial charge in [-0.1, -0.05) is 48.5 Å². The largest absolute Gasteiger partial charge is 0.477 e. The zero-order valence-corrected chi connectivity index (χ0v) is 18.8.